The number of likely N-dealkylation sites (N-methyl/N-ethyl adjacent to an activating group) is 2. The molecule has 0 aromatic heterocycles. The highest BCUT2D eigenvalue weighted by Gasteiger charge is 2.56. The van der Waals surface area contributed by atoms with Gasteiger partial charge in [-0.05, 0) is 87.1 Å². The Bertz CT molecular complexity index is 1930. The minimum absolute atomic E-state index is 0.166. The highest BCUT2D eigenvalue weighted by atomic mass is 32.2. The van der Waals surface area contributed by atoms with Gasteiger partial charge in [-0.1, -0.05) is 88.4 Å². The van der Waals surface area contributed by atoms with Crippen molar-refractivity contribution in [1.29, 1.82) is 0 Å². The summed E-state index contributed by atoms with van der Waals surface area (Å²) in [5.74, 6) is -0.190. The van der Waals surface area contributed by atoms with Crippen molar-refractivity contribution in [3.8, 4) is 0 Å². The van der Waals surface area contributed by atoms with Gasteiger partial charge < -0.3 is 55.9 Å². The van der Waals surface area contributed by atoms with Gasteiger partial charge in [0.2, 0.25) is 35.4 Å². The molecule has 2 aromatic rings. The first-order valence-electron chi connectivity index (χ1n) is 24.2. The van der Waals surface area contributed by atoms with Crippen LogP contribution in [0.2, 0.25) is 0 Å². The largest absolute Gasteiger partial charge is 0.377 e. The Labute approximate surface area is 416 Å². The average Bonchev–Trinajstić information content (AvgIpc) is 3.65. The maximum atomic E-state index is 14.4. The van der Waals surface area contributed by atoms with Crippen LogP contribution in [-0.4, -0.2) is 157 Å². The van der Waals surface area contributed by atoms with Crippen LogP contribution in [0.3, 0.4) is 0 Å². The number of carbonyl (C=O) groups is 6. The molecule has 0 spiro atoms. The number of benzene rings is 2. The monoisotopic (exact) mass is 995 g/mol. The number of rotatable bonds is 22. The molecule has 0 bridgehead atoms. The molecule has 380 valence electrons. The summed E-state index contributed by atoms with van der Waals surface area (Å²) in [6, 6.07) is 14.3. The predicted octanol–water partition coefficient (Wildman–Crippen LogP) is 3.12. The molecule has 2 aromatic carbocycles. The highest BCUT2D eigenvalue weighted by molar-refractivity contribution is 8.00. The van der Waals surface area contributed by atoms with Crippen molar-refractivity contribution in [2.75, 3.05) is 65.2 Å². The first-order chi connectivity index (χ1) is 33.0. The van der Waals surface area contributed by atoms with Gasteiger partial charge in [0.25, 0.3) is 0 Å². The first kappa shape index (κ1) is 54.1. The molecular formula is C50H74N8O9S2. The number of carbonyl (C=O) groups excluding carboxylic acids is 6. The summed E-state index contributed by atoms with van der Waals surface area (Å²) >= 11 is 3.30. The number of nitrogens with zero attached hydrogens (tertiary/aromatic N) is 2. The zero-order valence-corrected chi connectivity index (χ0v) is 43.1. The number of thioether (sulfide) groups is 2. The van der Waals surface area contributed by atoms with E-state index < -0.39 is 59.2 Å². The summed E-state index contributed by atoms with van der Waals surface area (Å²) in [6.07, 6.45) is 2.26. The lowest BCUT2D eigenvalue weighted by molar-refractivity contribution is -0.144. The topological polar surface area (TPSA) is 209 Å². The summed E-state index contributed by atoms with van der Waals surface area (Å²) in [5, 5.41) is 17.7. The normalized spacial score (nSPS) is 25.8. The molecule has 4 fully saturated rings. The summed E-state index contributed by atoms with van der Waals surface area (Å²) in [4.78, 5) is 86.0. The van der Waals surface area contributed by atoms with Crippen molar-refractivity contribution in [1.82, 2.24) is 41.7 Å². The SMILES string of the molecule is CN[C@@H](C)C(=O)N[C@H]1CCS[C@H]2CC(C)(C)[C@@H](C(=O)N[C@H](COCCOCCOC[C@@H](NC(=O)[C@H]3N4C(=O)[C@@H](NC(=O)[C@H](C)NC)CCS[C@H]4CC3(C)C)c3ccccc3)c3ccccc3)N2C1=O. The Kier molecular flexibility index (Phi) is 19.4. The van der Waals surface area contributed by atoms with Crippen molar-refractivity contribution in [3.05, 3.63) is 71.8 Å². The van der Waals surface area contributed by atoms with Gasteiger partial charge in [-0.3, -0.25) is 28.8 Å². The molecule has 0 radical (unpaired) electrons. The van der Waals surface area contributed by atoms with Gasteiger partial charge in [0.1, 0.15) is 24.2 Å². The summed E-state index contributed by atoms with van der Waals surface area (Å²) in [5.41, 5.74) is 0.670. The van der Waals surface area contributed by atoms with Gasteiger partial charge in [0.15, 0.2) is 0 Å². The molecule has 0 saturated carbocycles. The third-order valence-corrected chi connectivity index (χ3v) is 16.2. The van der Waals surface area contributed by atoms with Crippen LogP contribution in [0.1, 0.15) is 90.4 Å². The molecule has 6 N–H and O–H groups in total. The van der Waals surface area contributed by atoms with Crippen molar-refractivity contribution in [2.45, 2.75) is 126 Å². The first-order valence-corrected chi connectivity index (χ1v) is 26.3. The minimum atomic E-state index is -0.753. The molecule has 4 aliphatic rings. The number of nitrogens with one attached hydrogen (secondary N) is 6. The number of amides is 6. The van der Waals surface area contributed by atoms with Crippen LogP contribution >= 0.6 is 23.5 Å². The van der Waals surface area contributed by atoms with Gasteiger partial charge in [0, 0.05) is 0 Å². The zero-order valence-electron chi connectivity index (χ0n) is 41.4. The Morgan fingerprint density at radius 2 is 0.971 bits per heavy atom. The van der Waals surface area contributed by atoms with E-state index in [1.54, 1.807) is 61.3 Å². The van der Waals surface area contributed by atoms with Crippen LogP contribution in [-0.2, 0) is 43.0 Å². The van der Waals surface area contributed by atoms with Crippen LogP contribution in [0.25, 0.3) is 0 Å². The van der Waals surface area contributed by atoms with E-state index in [0.29, 0.717) is 37.2 Å². The Hall–Kier alpha value is -4.24. The molecule has 4 heterocycles. The molecule has 17 nitrogen and oxygen atoms in total. The molecule has 69 heavy (non-hydrogen) atoms. The van der Waals surface area contributed by atoms with E-state index in [9.17, 15) is 28.8 Å². The lowest BCUT2D eigenvalue weighted by atomic mass is 9.83. The van der Waals surface area contributed by atoms with Crippen LogP contribution < -0.4 is 31.9 Å². The summed E-state index contributed by atoms with van der Waals surface area (Å²) in [6.45, 7) is 12.9. The van der Waals surface area contributed by atoms with E-state index >= 15 is 0 Å². The van der Waals surface area contributed by atoms with Crippen LogP contribution in [0, 0.1) is 10.8 Å². The minimum Gasteiger partial charge on any atom is -0.377 e. The Balaban J connectivity index is 1.00. The maximum absolute atomic E-state index is 14.4. The second kappa shape index (κ2) is 24.7. The summed E-state index contributed by atoms with van der Waals surface area (Å²) in [7, 11) is 3.39. The molecular weight excluding hydrogens is 921 g/mol. The fourth-order valence-electron chi connectivity index (χ4n) is 9.61. The molecule has 6 amide bonds. The van der Waals surface area contributed by atoms with Crippen molar-refractivity contribution < 1.29 is 43.0 Å². The molecule has 0 unspecified atom stereocenters. The molecule has 6 rings (SSSR count). The quantitative estimate of drug-likeness (QED) is 0.0940. The van der Waals surface area contributed by atoms with E-state index in [1.165, 1.54) is 0 Å². The number of fused-ring (bicyclic) bond motifs is 2. The number of hydrogen-bond donors (Lipinski definition) is 6. The lowest BCUT2D eigenvalue weighted by Gasteiger charge is -2.35. The zero-order chi connectivity index (χ0) is 49.9. The number of hydrogen-bond acceptors (Lipinski definition) is 13. The fraction of sp³-hybridized carbons (Fsp3) is 0.640. The molecule has 19 heteroatoms. The van der Waals surface area contributed by atoms with E-state index in [-0.39, 0.29) is 85.8 Å². The second-order valence-electron chi connectivity index (χ2n) is 19.8. The van der Waals surface area contributed by atoms with Crippen LogP contribution in [0.5, 0.6) is 0 Å². The smallest absolute Gasteiger partial charge is 0.246 e. The Morgan fingerprint density at radius 1 is 0.609 bits per heavy atom. The van der Waals surface area contributed by atoms with E-state index in [2.05, 4.69) is 31.9 Å². The molecule has 4 saturated heterocycles. The van der Waals surface area contributed by atoms with Crippen molar-refractivity contribution >= 4 is 59.0 Å². The van der Waals surface area contributed by atoms with Crippen molar-refractivity contribution in [2.24, 2.45) is 10.8 Å². The van der Waals surface area contributed by atoms with E-state index in [1.807, 2.05) is 88.4 Å². The molecule has 4 aliphatic heterocycles. The van der Waals surface area contributed by atoms with Crippen molar-refractivity contribution in [3.63, 3.8) is 0 Å². The third-order valence-electron chi connectivity index (χ3n) is 13.7. The summed E-state index contributed by atoms with van der Waals surface area (Å²) < 4.78 is 18.1. The highest BCUT2D eigenvalue weighted by Crippen LogP contribution is 2.48. The second-order valence-corrected chi connectivity index (χ2v) is 22.3. The lowest BCUT2D eigenvalue weighted by Crippen LogP contribution is -2.58. The number of ether oxygens (including phenoxy) is 3. The molecule has 10 atom stereocenters. The van der Waals surface area contributed by atoms with E-state index in [0.717, 1.165) is 11.1 Å². The van der Waals surface area contributed by atoms with Gasteiger partial charge >= 0.3 is 0 Å². The fourth-order valence-corrected chi connectivity index (χ4v) is 12.8. The molecule has 0 aliphatic carbocycles. The third kappa shape index (κ3) is 13.6. The Morgan fingerprint density at radius 3 is 1.33 bits per heavy atom. The predicted molar refractivity (Wildman–Crippen MR) is 268 cm³/mol. The van der Waals surface area contributed by atoms with Gasteiger partial charge in [0.05, 0.1) is 74.6 Å². The average molecular weight is 995 g/mol. The van der Waals surface area contributed by atoms with Crippen LogP contribution in [0.15, 0.2) is 60.7 Å². The standard InChI is InChI=1S/C50H74N8O9S2/c1-31(51-7)43(59)53-35-19-25-68-39-27-49(3,4)41(57(39)47(35)63)45(61)55-37(33-15-11-9-12-16-33)29-66-23-21-65-22-24-67-30-38(34-17-13-10-14-18-34)56-46(62)42-50(5,6)28-40-58(42)48(64)36(20-26-69-40)54-44(60)32(2)52-8/h9-18,31-32,35-42,51-52H,19-30H2,1-8H3,(H,53,59)(H,54,60)(H,55,61)(H,56,62)/t31-,32-,35-,36-,37+,38+,39-,40-,41+,42+/m0/s1. The maximum Gasteiger partial charge on any atom is 0.246 e. The van der Waals surface area contributed by atoms with E-state index in [4.69, 9.17) is 14.2 Å². The van der Waals surface area contributed by atoms with Gasteiger partial charge in [-0.25, -0.2) is 0 Å². The van der Waals surface area contributed by atoms with Crippen LogP contribution in [0.4, 0.5) is 0 Å². The van der Waals surface area contributed by atoms with Gasteiger partial charge in [-0.15, -0.1) is 23.5 Å². The van der Waals surface area contributed by atoms with Gasteiger partial charge in [-0.2, -0.15) is 0 Å².